The second-order valence-electron chi connectivity index (χ2n) is 8.26. The van der Waals surface area contributed by atoms with E-state index in [9.17, 15) is 20.3 Å². The molecule has 0 saturated carbocycles. The molecule has 0 amide bonds. The molecule has 0 unspecified atom stereocenters. The molecule has 4 aromatic rings. The van der Waals surface area contributed by atoms with Crippen LogP contribution in [0.25, 0.3) is 11.3 Å². The normalized spacial score (nSPS) is 12.3. The quantitative estimate of drug-likeness (QED) is 0.192. The van der Waals surface area contributed by atoms with E-state index in [4.69, 9.17) is 10.1 Å². The van der Waals surface area contributed by atoms with Crippen LogP contribution in [0.2, 0.25) is 0 Å². The predicted molar refractivity (Wildman–Crippen MR) is 138 cm³/mol. The van der Waals surface area contributed by atoms with Crippen molar-refractivity contribution in [3.8, 4) is 22.8 Å². The van der Waals surface area contributed by atoms with Gasteiger partial charge in [0, 0.05) is 34.7 Å². The van der Waals surface area contributed by atoms with E-state index in [1.807, 2.05) is 29.6 Å². The van der Waals surface area contributed by atoms with Gasteiger partial charge < -0.3 is 10.2 Å². The van der Waals surface area contributed by atoms with Gasteiger partial charge in [-0.15, -0.1) is 11.3 Å². The number of aromatic nitrogens is 1. The first-order valence-electron chi connectivity index (χ1n) is 10.9. The van der Waals surface area contributed by atoms with Gasteiger partial charge in [-0.05, 0) is 54.8 Å². The second-order valence-corrected chi connectivity index (χ2v) is 9.10. The second kappa shape index (κ2) is 9.94. The molecule has 0 spiro atoms. The lowest BCUT2D eigenvalue weighted by Crippen LogP contribution is -2.14. The van der Waals surface area contributed by atoms with Gasteiger partial charge in [0.25, 0.3) is 5.69 Å². The Labute approximate surface area is 205 Å². The van der Waals surface area contributed by atoms with Crippen LogP contribution < -0.4 is 4.80 Å². The van der Waals surface area contributed by atoms with Crippen molar-refractivity contribution < 1.29 is 15.1 Å². The minimum atomic E-state index is -0.442. The lowest BCUT2D eigenvalue weighted by Gasteiger charge is -2.08. The molecule has 0 saturated heterocycles. The Morgan fingerprint density at radius 3 is 2.31 bits per heavy atom. The third-order valence-electron chi connectivity index (χ3n) is 5.46. The van der Waals surface area contributed by atoms with Crippen LogP contribution in [-0.4, -0.2) is 25.5 Å². The number of nitro benzene ring substituents is 1. The SMILES string of the molecule is CC(=Nn1c(-c2ccc([N+](=O)[O-])cc2)csc1=Nc1ccc(C(C)C)cc1)c1ccc(O)cc1O. The molecule has 35 heavy (non-hydrogen) atoms. The fourth-order valence-corrected chi connectivity index (χ4v) is 4.35. The molecule has 2 N–H and O–H groups in total. The van der Waals surface area contributed by atoms with Crippen molar-refractivity contribution in [3.63, 3.8) is 0 Å². The van der Waals surface area contributed by atoms with E-state index in [2.05, 4.69) is 13.8 Å². The zero-order chi connectivity index (χ0) is 25.1. The Kier molecular flexibility index (Phi) is 6.79. The number of rotatable bonds is 6. The van der Waals surface area contributed by atoms with Gasteiger partial charge in [-0.3, -0.25) is 10.1 Å². The molecule has 0 bridgehead atoms. The number of hydrogen-bond acceptors (Lipinski definition) is 7. The Morgan fingerprint density at radius 2 is 1.71 bits per heavy atom. The first-order chi connectivity index (χ1) is 16.7. The fourth-order valence-electron chi connectivity index (χ4n) is 3.50. The molecular weight excluding hydrogens is 464 g/mol. The molecule has 1 heterocycles. The minimum absolute atomic E-state index is 0.000574. The lowest BCUT2D eigenvalue weighted by molar-refractivity contribution is -0.384. The topological polar surface area (TPSA) is 113 Å². The highest BCUT2D eigenvalue weighted by molar-refractivity contribution is 7.07. The van der Waals surface area contributed by atoms with Crippen molar-refractivity contribution in [2.75, 3.05) is 0 Å². The summed E-state index contributed by atoms with van der Waals surface area (Å²) >= 11 is 1.38. The summed E-state index contributed by atoms with van der Waals surface area (Å²) in [6, 6.07) is 18.5. The Balaban J connectivity index is 1.86. The first kappa shape index (κ1) is 23.9. The van der Waals surface area contributed by atoms with Crippen molar-refractivity contribution in [2.24, 2.45) is 10.1 Å². The molecule has 8 nitrogen and oxygen atoms in total. The van der Waals surface area contributed by atoms with Gasteiger partial charge in [-0.1, -0.05) is 26.0 Å². The summed E-state index contributed by atoms with van der Waals surface area (Å²) in [7, 11) is 0. The van der Waals surface area contributed by atoms with Crippen molar-refractivity contribution >= 4 is 28.4 Å². The number of non-ortho nitro benzene ring substituents is 1. The molecule has 178 valence electrons. The maximum absolute atomic E-state index is 11.1. The largest absolute Gasteiger partial charge is 0.508 e. The standard InChI is InChI=1S/C26H24N4O4S/c1-16(2)18-4-8-20(9-5-18)27-26-29(28-17(3)23-13-12-22(31)14-25(23)32)24(15-35-26)19-6-10-21(11-7-19)30(33)34/h4-16,31-32H,1-3H3. The van der Waals surface area contributed by atoms with E-state index >= 15 is 0 Å². The Bertz CT molecular complexity index is 1470. The molecule has 4 rings (SSSR count). The number of aromatic hydroxyl groups is 2. The van der Waals surface area contributed by atoms with E-state index in [0.717, 1.165) is 11.3 Å². The van der Waals surface area contributed by atoms with E-state index < -0.39 is 4.92 Å². The summed E-state index contributed by atoms with van der Waals surface area (Å²) in [6.07, 6.45) is 0. The van der Waals surface area contributed by atoms with Gasteiger partial charge in [-0.2, -0.15) is 5.10 Å². The van der Waals surface area contributed by atoms with E-state index in [-0.39, 0.29) is 17.2 Å². The van der Waals surface area contributed by atoms with Crippen LogP contribution in [0.3, 0.4) is 0 Å². The Hall–Kier alpha value is -4.24. The van der Waals surface area contributed by atoms with Crippen LogP contribution in [0.4, 0.5) is 11.4 Å². The summed E-state index contributed by atoms with van der Waals surface area (Å²) in [5.41, 5.74) is 4.37. The van der Waals surface area contributed by atoms with Gasteiger partial charge in [0.2, 0.25) is 4.80 Å². The molecule has 0 aliphatic carbocycles. The van der Waals surface area contributed by atoms with Crippen LogP contribution in [0.5, 0.6) is 11.5 Å². The molecule has 3 aromatic carbocycles. The summed E-state index contributed by atoms with van der Waals surface area (Å²) in [4.78, 5) is 16.0. The Morgan fingerprint density at radius 1 is 1.03 bits per heavy atom. The third-order valence-corrected chi connectivity index (χ3v) is 6.28. The molecule has 0 aliphatic rings. The van der Waals surface area contributed by atoms with E-state index in [0.29, 0.717) is 27.7 Å². The maximum Gasteiger partial charge on any atom is 0.269 e. The van der Waals surface area contributed by atoms with Crippen molar-refractivity contribution in [1.82, 2.24) is 4.68 Å². The molecule has 0 fully saturated rings. The summed E-state index contributed by atoms with van der Waals surface area (Å²) < 4.78 is 1.66. The summed E-state index contributed by atoms with van der Waals surface area (Å²) in [5.74, 6) is 0.269. The molecule has 1 aromatic heterocycles. The molecule has 0 atom stereocenters. The zero-order valence-electron chi connectivity index (χ0n) is 19.4. The molecular formula is C26H24N4O4S. The fraction of sp³-hybridized carbons (Fsp3) is 0.154. The van der Waals surface area contributed by atoms with Crippen molar-refractivity contribution in [3.05, 3.63) is 98.2 Å². The lowest BCUT2D eigenvalue weighted by atomic mass is 10.0. The maximum atomic E-state index is 11.1. The zero-order valence-corrected chi connectivity index (χ0v) is 20.2. The molecule has 0 aliphatic heterocycles. The number of nitrogens with zero attached hydrogens (tertiary/aromatic N) is 4. The van der Waals surface area contributed by atoms with Gasteiger partial charge in [0.1, 0.15) is 11.5 Å². The van der Waals surface area contributed by atoms with Crippen LogP contribution in [0, 0.1) is 10.1 Å². The van der Waals surface area contributed by atoms with Crippen molar-refractivity contribution in [2.45, 2.75) is 26.7 Å². The number of nitro groups is 1. The average molecular weight is 489 g/mol. The highest BCUT2D eigenvalue weighted by Crippen LogP contribution is 2.26. The van der Waals surface area contributed by atoms with Gasteiger partial charge >= 0.3 is 0 Å². The third kappa shape index (κ3) is 5.30. The monoisotopic (exact) mass is 488 g/mol. The first-order valence-corrected chi connectivity index (χ1v) is 11.8. The molecule has 9 heteroatoms. The van der Waals surface area contributed by atoms with Gasteiger partial charge in [0.15, 0.2) is 0 Å². The molecule has 0 radical (unpaired) electrons. The number of phenolic OH excluding ortho intramolecular Hbond substituents is 2. The van der Waals surface area contributed by atoms with Crippen molar-refractivity contribution in [1.29, 1.82) is 0 Å². The number of phenols is 2. The van der Waals surface area contributed by atoms with Crippen LogP contribution >= 0.6 is 11.3 Å². The van der Waals surface area contributed by atoms with Crippen LogP contribution in [0.15, 0.2) is 82.2 Å². The highest BCUT2D eigenvalue weighted by atomic mass is 32.1. The van der Waals surface area contributed by atoms with Crippen LogP contribution in [-0.2, 0) is 0 Å². The summed E-state index contributed by atoms with van der Waals surface area (Å²) in [6.45, 7) is 6.01. The smallest absolute Gasteiger partial charge is 0.269 e. The number of hydrogen-bond donors (Lipinski definition) is 2. The van der Waals surface area contributed by atoms with Gasteiger partial charge in [-0.25, -0.2) is 9.67 Å². The average Bonchev–Trinajstić information content (AvgIpc) is 3.21. The number of benzene rings is 3. The number of thiazole rings is 1. The predicted octanol–water partition coefficient (Wildman–Crippen LogP) is 6.16. The van der Waals surface area contributed by atoms with E-state index in [1.165, 1.54) is 41.2 Å². The highest BCUT2D eigenvalue weighted by Gasteiger charge is 2.13. The van der Waals surface area contributed by atoms with E-state index in [1.54, 1.807) is 29.8 Å². The van der Waals surface area contributed by atoms with Gasteiger partial charge in [0.05, 0.1) is 22.0 Å². The minimum Gasteiger partial charge on any atom is -0.508 e. The summed E-state index contributed by atoms with van der Waals surface area (Å²) in [5, 5.41) is 37.6. The van der Waals surface area contributed by atoms with Crippen LogP contribution in [0.1, 0.15) is 37.8 Å².